The predicted octanol–water partition coefficient (Wildman–Crippen LogP) is 2.19. The van der Waals surface area contributed by atoms with Crippen LogP contribution in [0.3, 0.4) is 0 Å². The van der Waals surface area contributed by atoms with Crippen LogP contribution in [0, 0.1) is 0 Å². The summed E-state index contributed by atoms with van der Waals surface area (Å²) in [7, 11) is 0. The maximum atomic E-state index is 3.75. The Kier molecular flexibility index (Phi) is 3.27. The third-order valence-electron chi connectivity index (χ3n) is 1.72. The van der Waals surface area contributed by atoms with Crippen LogP contribution in [0.2, 0.25) is 0 Å². The van der Waals surface area contributed by atoms with Crippen LogP contribution in [-0.4, -0.2) is 0 Å². The van der Waals surface area contributed by atoms with Gasteiger partial charge in [0, 0.05) is 18.2 Å². The Hall–Kier alpha value is -1.37. The first-order chi connectivity index (χ1) is 5.88. The smallest absolute Gasteiger partial charge is 0.195 e. The zero-order valence-electron chi connectivity index (χ0n) is 7.40. The molecular formula is C11H14N+. The fourth-order valence-corrected chi connectivity index (χ4v) is 1.06. The van der Waals surface area contributed by atoms with Gasteiger partial charge in [-0.05, 0) is 19.1 Å². The van der Waals surface area contributed by atoms with Crippen molar-refractivity contribution in [3.8, 4) is 0 Å². The number of rotatable bonds is 3. The monoisotopic (exact) mass is 160 g/mol. The Balaban J connectivity index is 2.89. The molecule has 0 saturated carbocycles. The van der Waals surface area contributed by atoms with Crippen molar-refractivity contribution >= 4 is 6.08 Å². The minimum atomic E-state index is 0.915. The molecule has 0 aliphatic carbocycles. The second-order valence-electron chi connectivity index (χ2n) is 2.55. The number of pyridine rings is 1. The zero-order chi connectivity index (χ0) is 8.81. The van der Waals surface area contributed by atoms with E-state index in [4.69, 9.17) is 0 Å². The molecule has 0 aromatic carbocycles. The molecule has 0 radical (unpaired) electrons. The van der Waals surface area contributed by atoms with E-state index in [1.54, 1.807) is 0 Å². The molecule has 1 heterocycles. The van der Waals surface area contributed by atoms with E-state index >= 15 is 0 Å². The van der Waals surface area contributed by atoms with Gasteiger partial charge in [-0.25, -0.2) is 0 Å². The molecule has 62 valence electrons. The lowest BCUT2D eigenvalue weighted by atomic mass is 10.3. The van der Waals surface area contributed by atoms with Gasteiger partial charge in [0.1, 0.15) is 0 Å². The van der Waals surface area contributed by atoms with Crippen molar-refractivity contribution in [2.24, 2.45) is 0 Å². The van der Waals surface area contributed by atoms with Crippen LogP contribution in [0.5, 0.6) is 0 Å². The molecule has 0 unspecified atom stereocenters. The summed E-state index contributed by atoms with van der Waals surface area (Å²) in [6.07, 6.45) is 8.08. The fourth-order valence-electron chi connectivity index (χ4n) is 1.06. The second kappa shape index (κ2) is 4.50. The lowest BCUT2D eigenvalue weighted by Gasteiger charge is -1.94. The molecule has 1 rings (SSSR count). The molecule has 0 fully saturated rings. The minimum absolute atomic E-state index is 0.915. The van der Waals surface area contributed by atoms with E-state index in [1.165, 1.54) is 0 Å². The van der Waals surface area contributed by atoms with Gasteiger partial charge in [-0.2, -0.15) is 4.57 Å². The standard InChI is InChI=1S/C11H14N/c1-3-5-9-12-10-7-6-8-11(12)4-2/h3-8,10H,2,9H2,1H3/q+1. The van der Waals surface area contributed by atoms with Crippen LogP contribution in [0.15, 0.2) is 43.1 Å². The summed E-state index contributed by atoms with van der Waals surface area (Å²) in [6.45, 7) is 6.69. The quantitative estimate of drug-likeness (QED) is 0.471. The highest BCUT2D eigenvalue weighted by Crippen LogP contribution is 1.92. The van der Waals surface area contributed by atoms with Crippen molar-refractivity contribution in [2.75, 3.05) is 0 Å². The molecule has 0 bridgehead atoms. The average Bonchev–Trinajstić information content (AvgIpc) is 2.15. The number of hydrogen-bond donors (Lipinski definition) is 0. The van der Waals surface area contributed by atoms with Gasteiger partial charge in [0.05, 0.1) is 0 Å². The maximum absolute atomic E-state index is 3.75. The normalized spacial score (nSPS) is 10.4. The molecule has 1 heteroatoms. The molecule has 0 atom stereocenters. The summed E-state index contributed by atoms with van der Waals surface area (Å²) in [6, 6.07) is 6.09. The van der Waals surface area contributed by atoms with Crippen LogP contribution in [0.1, 0.15) is 12.6 Å². The van der Waals surface area contributed by atoms with Gasteiger partial charge in [0.15, 0.2) is 12.7 Å². The van der Waals surface area contributed by atoms with Crippen molar-refractivity contribution < 1.29 is 4.57 Å². The molecule has 1 aromatic heterocycles. The summed E-state index contributed by atoms with van der Waals surface area (Å²) in [4.78, 5) is 0. The maximum Gasteiger partial charge on any atom is 0.204 e. The third-order valence-corrected chi connectivity index (χ3v) is 1.72. The first kappa shape index (κ1) is 8.72. The van der Waals surface area contributed by atoms with E-state index in [9.17, 15) is 0 Å². The van der Waals surface area contributed by atoms with Crippen LogP contribution < -0.4 is 4.57 Å². The van der Waals surface area contributed by atoms with Gasteiger partial charge in [-0.15, -0.1) is 0 Å². The van der Waals surface area contributed by atoms with E-state index in [0.717, 1.165) is 12.2 Å². The van der Waals surface area contributed by atoms with Gasteiger partial charge >= 0.3 is 0 Å². The molecule has 1 nitrogen and oxygen atoms in total. The first-order valence-electron chi connectivity index (χ1n) is 4.10. The number of allylic oxidation sites excluding steroid dienone is 2. The van der Waals surface area contributed by atoms with Crippen LogP contribution in [0.25, 0.3) is 6.08 Å². The first-order valence-corrected chi connectivity index (χ1v) is 4.10. The highest BCUT2D eigenvalue weighted by molar-refractivity contribution is 5.36. The Labute approximate surface area is 73.7 Å². The molecule has 0 aliphatic heterocycles. The number of hydrogen-bond acceptors (Lipinski definition) is 0. The van der Waals surface area contributed by atoms with Gasteiger partial charge in [0.25, 0.3) is 0 Å². The molecule has 1 aromatic rings. The highest BCUT2D eigenvalue weighted by atomic mass is 14.9. The lowest BCUT2D eigenvalue weighted by molar-refractivity contribution is -0.688. The van der Waals surface area contributed by atoms with Crippen molar-refractivity contribution in [3.05, 3.63) is 48.8 Å². The van der Waals surface area contributed by atoms with E-state index in [-0.39, 0.29) is 0 Å². The highest BCUT2D eigenvalue weighted by Gasteiger charge is 2.01. The van der Waals surface area contributed by atoms with Crippen molar-refractivity contribution in [1.82, 2.24) is 0 Å². The zero-order valence-corrected chi connectivity index (χ0v) is 7.40. The Morgan fingerprint density at radius 3 is 3.00 bits per heavy atom. The fraction of sp³-hybridized carbons (Fsp3) is 0.182. The molecular weight excluding hydrogens is 146 g/mol. The minimum Gasteiger partial charge on any atom is -0.195 e. The van der Waals surface area contributed by atoms with Crippen LogP contribution in [-0.2, 0) is 6.54 Å². The second-order valence-corrected chi connectivity index (χ2v) is 2.55. The number of nitrogens with zero attached hydrogens (tertiary/aromatic N) is 1. The van der Waals surface area contributed by atoms with Crippen molar-refractivity contribution in [3.63, 3.8) is 0 Å². The molecule has 0 aliphatic rings. The van der Waals surface area contributed by atoms with Crippen LogP contribution >= 0.6 is 0 Å². The summed E-state index contributed by atoms with van der Waals surface area (Å²) < 4.78 is 2.15. The Bertz CT molecular complexity index is 287. The average molecular weight is 160 g/mol. The number of aromatic nitrogens is 1. The largest absolute Gasteiger partial charge is 0.204 e. The van der Waals surface area contributed by atoms with Crippen LogP contribution in [0.4, 0.5) is 0 Å². The third kappa shape index (κ3) is 2.06. The molecule has 0 amide bonds. The van der Waals surface area contributed by atoms with Gasteiger partial charge in [-0.1, -0.05) is 12.7 Å². The van der Waals surface area contributed by atoms with Gasteiger partial charge in [-0.3, -0.25) is 0 Å². The van der Waals surface area contributed by atoms with E-state index in [1.807, 2.05) is 31.2 Å². The van der Waals surface area contributed by atoms with Gasteiger partial charge < -0.3 is 0 Å². The SMILES string of the molecule is C=Cc1cccc[n+]1CC=CC. The summed E-state index contributed by atoms with van der Waals surface area (Å²) in [5, 5.41) is 0. The molecule has 0 N–H and O–H groups in total. The predicted molar refractivity (Wildman–Crippen MR) is 51.5 cm³/mol. The van der Waals surface area contributed by atoms with E-state index in [0.29, 0.717) is 0 Å². The van der Waals surface area contributed by atoms with Gasteiger partial charge in [0.2, 0.25) is 5.69 Å². The Morgan fingerprint density at radius 1 is 1.50 bits per heavy atom. The Morgan fingerprint density at radius 2 is 2.33 bits per heavy atom. The lowest BCUT2D eigenvalue weighted by Crippen LogP contribution is -2.35. The van der Waals surface area contributed by atoms with E-state index < -0.39 is 0 Å². The molecule has 12 heavy (non-hydrogen) atoms. The molecule has 0 spiro atoms. The van der Waals surface area contributed by atoms with Crippen molar-refractivity contribution in [1.29, 1.82) is 0 Å². The summed E-state index contributed by atoms with van der Waals surface area (Å²) >= 11 is 0. The summed E-state index contributed by atoms with van der Waals surface area (Å²) in [5.74, 6) is 0. The van der Waals surface area contributed by atoms with Crippen molar-refractivity contribution in [2.45, 2.75) is 13.5 Å². The van der Waals surface area contributed by atoms with E-state index in [2.05, 4.69) is 29.5 Å². The topological polar surface area (TPSA) is 3.88 Å². The summed E-state index contributed by atoms with van der Waals surface area (Å²) in [5.41, 5.74) is 1.15. The molecule has 0 saturated heterocycles.